The molecule has 10 heteroatoms. The number of rotatable bonds is 6. The Kier molecular flexibility index (Phi) is 6.33. The minimum absolute atomic E-state index is 0.00523. The van der Waals surface area contributed by atoms with Crippen molar-refractivity contribution in [2.45, 2.75) is 12.6 Å². The first kappa shape index (κ1) is 19.7. The van der Waals surface area contributed by atoms with Gasteiger partial charge in [0.2, 0.25) is 5.82 Å². The molecular formula is C19H26N6O4. The third kappa shape index (κ3) is 5.28. The van der Waals surface area contributed by atoms with E-state index in [4.69, 9.17) is 14.2 Å². The number of amides is 1. The molecule has 1 atom stereocenters. The Balaban J connectivity index is 1.26. The molecule has 1 aromatic carbocycles. The first-order valence-corrected chi connectivity index (χ1v) is 9.82. The number of aromatic nitrogens is 4. The third-order valence-corrected chi connectivity index (χ3v) is 5.02. The highest BCUT2D eigenvalue weighted by atomic mass is 16.5. The van der Waals surface area contributed by atoms with E-state index in [0.717, 1.165) is 19.6 Å². The number of hydrogen-bond acceptors (Lipinski definition) is 8. The largest absolute Gasteiger partial charge is 0.484 e. The standard InChI is InChI=1S/C19H26N6O4/c1-23-21-19(20-22-23)17-13-24(6-11-28-17)12-15-2-4-16(5-3-15)29-14-18(26)25-7-9-27-10-8-25/h2-5,17H,6-14H2,1H3. The van der Waals surface area contributed by atoms with Crippen LogP contribution in [0.5, 0.6) is 5.75 Å². The summed E-state index contributed by atoms with van der Waals surface area (Å²) in [5, 5.41) is 12.2. The molecule has 0 radical (unpaired) electrons. The van der Waals surface area contributed by atoms with Crippen molar-refractivity contribution in [2.75, 3.05) is 52.6 Å². The lowest BCUT2D eigenvalue weighted by molar-refractivity contribution is -0.137. The Morgan fingerprint density at radius 3 is 2.69 bits per heavy atom. The van der Waals surface area contributed by atoms with E-state index < -0.39 is 0 Å². The van der Waals surface area contributed by atoms with Gasteiger partial charge in [0, 0.05) is 32.7 Å². The van der Waals surface area contributed by atoms with Crippen molar-refractivity contribution in [3.05, 3.63) is 35.7 Å². The Bertz CT molecular complexity index is 805. The highest BCUT2D eigenvalue weighted by Gasteiger charge is 2.25. The van der Waals surface area contributed by atoms with Gasteiger partial charge in [-0.2, -0.15) is 4.80 Å². The zero-order chi connectivity index (χ0) is 20.1. The molecule has 2 aromatic rings. The van der Waals surface area contributed by atoms with Crippen molar-refractivity contribution in [2.24, 2.45) is 7.05 Å². The van der Waals surface area contributed by atoms with E-state index in [-0.39, 0.29) is 18.6 Å². The van der Waals surface area contributed by atoms with Gasteiger partial charge >= 0.3 is 0 Å². The molecule has 29 heavy (non-hydrogen) atoms. The van der Waals surface area contributed by atoms with Crippen molar-refractivity contribution in [1.29, 1.82) is 0 Å². The van der Waals surface area contributed by atoms with Crippen LogP contribution in [0.25, 0.3) is 0 Å². The van der Waals surface area contributed by atoms with Crippen LogP contribution in [0, 0.1) is 0 Å². The van der Waals surface area contributed by atoms with E-state index in [9.17, 15) is 4.79 Å². The Morgan fingerprint density at radius 2 is 1.97 bits per heavy atom. The van der Waals surface area contributed by atoms with Gasteiger partial charge in [-0.1, -0.05) is 12.1 Å². The van der Waals surface area contributed by atoms with Gasteiger partial charge < -0.3 is 19.1 Å². The van der Waals surface area contributed by atoms with Crippen LogP contribution < -0.4 is 4.74 Å². The molecule has 1 aromatic heterocycles. The molecule has 0 spiro atoms. The van der Waals surface area contributed by atoms with E-state index >= 15 is 0 Å². The highest BCUT2D eigenvalue weighted by Crippen LogP contribution is 2.21. The normalized spacial score (nSPS) is 20.6. The van der Waals surface area contributed by atoms with E-state index in [1.165, 1.54) is 10.4 Å². The number of carbonyl (C=O) groups excluding carboxylic acids is 1. The van der Waals surface area contributed by atoms with Crippen molar-refractivity contribution in [3.63, 3.8) is 0 Å². The molecule has 2 fully saturated rings. The van der Waals surface area contributed by atoms with Crippen molar-refractivity contribution >= 4 is 5.91 Å². The van der Waals surface area contributed by atoms with Crippen LogP contribution in [0.1, 0.15) is 17.5 Å². The highest BCUT2D eigenvalue weighted by molar-refractivity contribution is 5.77. The van der Waals surface area contributed by atoms with Gasteiger partial charge in [-0.3, -0.25) is 9.69 Å². The molecule has 3 heterocycles. The molecule has 2 saturated heterocycles. The van der Waals surface area contributed by atoms with Crippen molar-refractivity contribution in [3.8, 4) is 5.75 Å². The predicted molar refractivity (Wildman–Crippen MR) is 102 cm³/mol. The molecule has 2 aliphatic heterocycles. The summed E-state index contributed by atoms with van der Waals surface area (Å²) in [7, 11) is 1.75. The molecule has 1 unspecified atom stereocenters. The van der Waals surface area contributed by atoms with Crippen LogP contribution in [0.15, 0.2) is 24.3 Å². The van der Waals surface area contributed by atoms with Gasteiger partial charge in [0.1, 0.15) is 11.9 Å². The quantitative estimate of drug-likeness (QED) is 0.668. The summed E-state index contributed by atoms with van der Waals surface area (Å²) in [6.45, 7) is 5.50. The number of benzene rings is 1. The average molecular weight is 402 g/mol. The molecule has 4 rings (SSSR count). The number of aryl methyl sites for hydroxylation is 1. The van der Waals surface area contributed by atoms with Crippen LogP contribution in [0.3, 0.4) is 0 Å². The third-order valence-electron chi connectivity index (χ3n) is 5.02. The van der Waals surface area contributed by atoms with Crippen molar-refractivity contribution < 1.29 is 19.0 Å². The molecule has 10 nitrogen and oxygen atoms in total. The summed E-state index contributed by atoms with van der Waals surface area (Å²) in [4.78, 5) is 17.7. The van der Waals surface area contributed by atoms with E-state index in [0.29, 0.717) is 44.5 Å². The fourth-order valence-corrected chi connectivity index (χ4v) is 3.43. The molecule has 1 amide bonds. The van der Waals surface area contributed by atoms with E-state index in [1.807, 2.05) is 24.3 Å². The van der Waals surface area contributed by atoms with Crippen molar-refractivity contribution in [1.82, 2.24) is 30.0 Å². The maximum atomic E-state index is 12.2. The zero-order valence-electron chi connectivity index (χ0n) is 16.6. The second-order valence-electron chi connectivity index (χ2n) is 7.16. The molecule has 0 saturated carbocycles. The first-order chi connectivity index (χ1) is 14.2. The van der Waals surface area contributed by atoms with Gasteiger partial charge in [-0.05, 0) is 22.9 Å². The topological polar surface area (TPSA) is 94.8 Å². The first-order valence-electron chi connectivity index (χ1n) is 9.82. The number of morpholine rings is 2. The fourth-order valence-electron chi connectivity index (χ4n) is 3.43. The maximum absolute atomic E-state index is 12.2. The van der Waals surface area contributed by atoms with Crippen LogP contribution in [-0.2, 0) is 27.9 Å². The molecular weight excluding hydrogens is 376 g/mol. The van der Waals surface area contributed by atoms with Crippen LogP contribution in [0.4, 0.5) is 0 Å². The predicted octanol–water partition coefficient (Wildman–Crippen LogP) is 0.0212. The number of ether oxygens (including phenoxy) is 3. The monoisotopic (exact) mass is 402 g/mol. The lowest BCUT2D eigenvalue weighted by Crippen LogP contribution is -2.42. The number of hydrogen-bond donors (Lipinski definition) is 0. The molecule has 0 aliphatic carbocycles. The summed E-state index contributed by atoms with van der Waals surface area (Å²) >= 11 is 0. The van der Waals surface area contributed by atoms with E-state index in [2.05, 4.69) is 20.3 Å². The van der Waals surface area contributed by atoms with Gasteiger partial charge in [0.15, 0.2) is 6.61 Å². The molecule has 0 bridgehead atoms. The fraction of sp³-hybridized carbons (Fsp3) is 0.579. The number of nitrogens with zero attached hydrogens (tertiary/aromatic N) is 6. The summed E-state index contributed by atoms with van der Waals surface area (Å²) in [5.74, 6) is 1.30. The minimum atomic E-state index is -0.161. The Labute approximate surface area is 169 Å². The summed E-state index contributed by atoms with van der Waals surface area (Å²) in [6, 6.07) is 7.87. The van der Waals surface area contributed by atoms with Gasteiger partial charge in [0.05, 0.1) is 26.9 Å². The van der Waals surface area contributed by atoms with Crippen LogP contribution in [-0.4, -0.2) is 88.5 Å². The van der Waals surface area contributed by atoms with E-state index in [1.54, 1.807) is 11.9 Å². The zero-order valence-corrected chi connectivity index (χ0v) is 16.6. The summed E-state index contributed by atoms with van der Waals surface area (Å²) in [5.41, 5.74) is 1.17. The summed E-state index contributed by atoms with van der Waals surface area (Å²) in [6.07, 6.45) is -0.161. The summed E-state index contributed by atoms with van der Waals surface area (Å²) < 4.78 is 16.7. The van der Waals surface area contributed by atoms with Crippen LogP contribution >= 0.6 is 0 Å². The second kappa shape index (κ2) is 9.29. The maximum Gasteiger partial charge on any atom is 0.260 e. The number of tetrazole rings is 1. The Morgan fingerprint density at radius 1 is 1.17 bits per heavy atom. The lowest BCUT2D eigenvalue weighted by Gasteiger charge is -2.31. The lowest BCUT2D eigenvalue weighted by atomic mass is 10.1. The molecule has 2 aliphatic rings. The van der Waals surface area contributed by atoms with Gasteiger partial charge in [-0.25, -0.2) is 0 Å². The Hall–Kier alpha value is -2.56. The van der Waals surface area contributed by atoms with Gasteiger partial charge in [-0.15, -0.1) is 10.2 Å². The smallest absolute Gasteiger partial charge is 0.260 e. The molecule has 156 valence electrons. The second-order valence-corrected chi connectivity index (χ2v) is 7.16. The van der Waals surface area contributed by atoms with Crippen LogP contribution in [0.2, 0.25) is 0 Å². The van der Waals surface area contributed by atoms with Gasteiger partial charge in [0.25, 0.3) is 5.91 Å². The minimum Gasteiger partial charge on any atom is -0.484 e. The SMILES string of the molecule is Cn1nnc(C2CN(Cc3ccc(OCC(=O)N4CCOCC4)cc3)CCO2)n1. The average Bonchev–Trinajstić information content (AvgIpc) is 3.20. The molecule has 0 N–H and O–H groups in total. The number of carbonyl (C=O) groups is 1.